The maximum atomic E-state index is 15.9. The molecule has 2 atom stereocenters. The monoisotopic (exact) mass is 1650 g/mol. The Kier molecular flexibility index (Phi) is 24.5. The van der Waals surface area contributed by atoms with Crippen LogP contribution in [0.15, 0.2) is 72.8 Å². The summed E-state index contributed by atoms with van der Waals surface area (Å²) in [6.07, 6.45) is 32.2. The van der Waals surface area contributed by atoms with Gasteiger partial charge >= 0.3 is 23.9 Å². The molecule has 650 valence electrons. The zero-order valence-electron chi connectivity index (χ0n) is 74.6. The Hall–Kier alpha value is -8.00. The first-order valence-corrected chi connectivity index (χ1v) is 47.8. The molecule has 13 aliphatic rings. The minimum atomic E-state index is -1.82. The molecule has 0 heterocycles. The number of hydrogen-bond donors (Lipinski definition) is 4. The van der Waals surface area contributed by atoms with E-state index in [-0.39, 0.29) is 70.3 Å². The van der Waals surface area contributed by atoms with Gasteiger partial charge in [-0.25, -0.2) is 19.2 Å². The van der Waals surface area contributed by atoms with Crippen molar-refractivity contribution >= 4 is 23.9 Å². The number of methoxy groups -OCH3 is 2. The lowest BCUT2D eigenvalue weighted by atomic mass is 9.50. The van der Waals surface area contributed by atoms with E-state index in [0.717, 1.165) is 283 Å². The number of hydrogen-bond acceptors (Lipinski definition) is 14. The molecule has 13 fully saturated rings. The summed E-state index contributed by atoms with van der Waals surface area (Å²) in [7, 11) is 2.63. The number of aryl methyl sites for hydroxylation is 6. The maximum Gasteiger partial charge on any atom is 0.359 e. The molecule has 19 rings (SSSR count). The first kappa shape index (κ1) is 85.2. The van der Waals surface area contributed by atoms with Crippen molar-refractivity contribution < 1.29 is 68.0 Å². The van der Waals surface area contributed by atoms with Crippen LogP contribution in [0.1, 0.15) is 388 Å². The van der Waals surface area contributed by atoms with E-state index in [2.05, 4.69) is 111 Å². The molecule has 13 aliphatic carbocycles. The second-order valence-corrected chi connectivity index (χ2v) is 41.4. The van der Waals surface area contributed by atoms with E-state index < -0.39 is 64.5 Å². The molecule has 8 bridgehead atoms. The van der Waals surface area contributed by atoms with Crippen LogP contribution in [0.3, 0.4) is 0 Å². The lowest BCUT2D eigenvalue weighted by molar-refractivity contribution is -0.211. The van der Waals surface area contributed by atoms with E-state index in [1.54, 1.807) is 0 Å². The molecule has 14 heteroatoms. The molecule has 14 nitrogen and oxygen atoms in total. The van der Waals surface area contributed by atoms with Crippen molar-refractivity contribution in [2.45, 2.75) is 358 Å². The smallest absolute Gasteiger partial charge is 0.359 e. The molecule has 6 aromatic rings. The van der Waals surface area contributed by atoms with E-state index in [4.69, 9.17) is 28.4 Å². The summed E-state index contributed by atoms with van der Waals surface area (Å²) in [4.78, 5) is 62.1. The van der Waals surface area contributed by atoms with Crippen molar-refractivity contribution in [1.82, 2.24) is 0 Å². The summed E-state index contributed by atoms with van der Waals surface area (Å²) < 4.78 is 40.4. The molecule has 0 amide bonds. The average Bonchev–Trinajstić information content (AvgIpc) is 0.735. The molecule has 0 aromatic heterocycles. The molecular weight excluding hydrogens is 1510 g/mol. The Balaban J connectivity index is 0.925. The van der Waals surface area contributed by atoms with Gasteiger partial charge in [0.25, 0.3) is 12.2 Å². The van der Waals surface area contributed by atoms with Gasteiger partial charge < -0.3 is 48.8 Å². The lowest BCUT2D eigenvalue weighted by Gasteiger charge is -2.59. The van der Waals surface area contributed by atoms with Crippen molar-refractivity contribution in [2.24, 2.45) is 53.3 Å². The van der Waals surface area contributed by atoms with Crippen molar-refractivity contribution in [3.8, 4) is 34.5 Å². The fourth-order valence-electron chi connectivity index (χ4n) is 27.6. The quantitative estimate of drug-likeness (QED) is 0.0193. The molecule has 13 saturated carbocycles. The summed E-state index contributed by atoms with van der Waals surface area (Å²) in [5.41, 5.74) is 13.1. The van der Waals surface area contributed by atoms with Gasteiger partial charge in [0, 0.05) is 28.4 Å². The Bertz CT molecular complexity index is 4360. The van der Waals surface area contributed by atoms with E-state index in [1.165, 1.54) is 27.1 Å². The third kappa shape index (κ3) is 16.2. The fraction of sp³-hybridized carbons (Fsp3) is 0.626. The van der Waals surface area contributed by atoms with Crippen LogP contribution in [0, 0.1) is 94.8 Å². The highest BCUT2D eigenvalue weighted by atomic mass is 16.6. The molecule has 0 radical (unpaired) electrons. The highest BCUT2D eigenvalue weighted by Gasteiger charge is 2.60. The van der Waals surface area contributed by atoms with Gasteiger partial charge in [0.2, 0.25) is 0 Å². The summed E-state index contributed by atoms with van der Waals surface area (Å²) in [5, 5.41) is 49.9. The number of aromatic hydroxyl groups is 4. The van der Waals surface area contributed by atoms with Gasteiger partial charge in [-0.3, -0.25) is 0 Å². The van der Waals surface area contributed by atoms with Gasteiger partial charge in [-0.15, -0.1) is 0 Å². The van der Waals surface area contributed by atoms with Gasteiger partial charge in [0.15, 0.2) is 0 Å². The second-order valence-electron chi connectivity index (χ2n) is 41.4. The minimum Gasteiger partial charge on any atom is -0.508 e. The highest BCUT2D eigenvalue weighted by Crippen LogP contribution is 2.63. The van der Waals surface area contributed by atoms with Crippen LogP contribution in [0.25, 0.3) is 0 Å². The Labute approximate surface area is 720 Å². The van der Waals surface area contributed by atoms with Gasteiger partial charge in [-0.1, -0.05) is 145 Å². The fourth-order valence-corrected chi connectivity index (χ4v) is 27.6. The molecule has 0 spiro atoms. The van der Waals surface area contributed by atoms with Crippen LogP contribution < -0.4 is 9.47 Å². The van der Waals surface area contributed by atoms with E-state index in [9.17, 15) is 20.4 Å². The van der Waals surface area contributed by atoms with Gasteiger partial charge in [0.05, 0.1) is 14.2 Å². The standard InChI is InChI=1S/C107H138O14/c1-12-25-66-34-36-107(37-35-66,79-38-64(6)97(118-99(101(112)116-10)103(114)120-105(8)75-46-67-44-68(48-75)49-76(105)47-67)89(54-79)95(81-56-85(91(108)40-60(81)2)71-26-17-13-18-27-71)82-57-86(92(109)41-61(82)3)72-28-19-14-20-29-72)80-39-65(7)98(119-100(102(113)117-11)104(115)121-106(9)77-50-69-45-70(52-77)53-78(106)51-69)90(55-80)96(83-58-87(93(110)42-62(83)4)73-30-21-15-22-31-73)84-59-88(94(111)43-63(84)5)74-32-23-16-24-33-74/h38-43,54-59,66-78,95-96,99-100,108-111H,12-37,44-53H2,1-11H3. The Morgan fingerprint density at radius 1 is 0.355 bits per heavy atom. The number of benzene rings is 6. The second kappa shape index (κ2) is 34.8. The predicted molar refractivity (Wildman–Crippen MR) is 473 cm³/mol. The number of esters is 4. The Morgan fingerprint density at radius 2 is 0.636 bits per heavy atom. The zero-order valence-corrected chi connectivity index (χ0v) is 74.6. The summed E-state index contributed by atoms with van der Waals surface area (Å²) >= 11 is 0. The molecule has 0 aliphatic heterocycles. The molecule has 4 N–H and O–H groups in total. The SMILES string of the molecule is CCCC1CCC(c2cc(C)c(OC(C(=O)OC)C(=O)OC3(C)C4CC5CC(C4)CC3C5)c(C(c3cc(C4CCCCC4)c(O)cc3C)c3cc(C4CCCCC4)c(O)cc3C)c2)(c2cc(C)c(OC(C(=O)OC)C(=O)OC3(C)C4CC5CC(C4)CC3C5)c(C(c3cc(C4CCCCC4)c(O)cc3C)c3cc(C4CCCCC4)c(O)cc3C)c2)CC1. The predicted octanol–water partition coefficient (Wildman–Crippen LogP) is 24.5. The number of phenols is 4. The first-order valence-electron chi connectivity index (χ1n) is 47.8. The van der Waals surface area contributed by atoms with Crippen molar-refractivity contribution in [2.75, 3.05) is 14.2 Å². The van der Waals surface area contributed by atoms with Crippen LogP contribution in [-0.2, 0) is 43.5 Å². The normalized spacial score (nSPS) is 28.6. The van der Waals surface area contributed by atoms with E-state index in [1.807, 2.05) is 24.3 Å². The number of ether oxygens (including phenoxy) is 6. The van der Waals surface area contributed by atoms with Crippen molar-refractivity contribution in [1.29, 1.82) is 0 Å². The molecule has 6 aromatic carbocycles. The molecule has 0 saturated heterocycles. The number of carbonyl (C=O) groups excluding carboxylic acids is 4. The van der Waals surface area contributed by atoms with Gasteiger partial charge in [0.1, 0.15) is 45.7 Å². The zero-order chi connectivity index (χ0) is 84.7. The maximum absolute atomic E-state index is 15.9. The lowest BCUT2D eigenvalue weighted by Crippen LogP contribution is -2.59. The van der Waals surface area contributed by atoms with E-state index >= 15 is 19.2 Å². The first-order chi connectivity index (χ1) is 58.2. The third-order valence-electron chi connectivity index (χ3n) is 34.0. The van der Waals surface area contributed by atoms with Crippen molar-refractivity contribution in [3.05, 3.63) is 173 Å². The molecule has 121 heavy (non-hydrogen) atoms. The van der Waals surface area contributed by atoms with Gasteiger partial charge in [-0.05, 0) is 387 Å². The van der Waals surface area contributed by atoms with Crippen LogP contribution in [0.5, 0.6) is 34.5 Å². The number of carbonyl (C=O) groups is 4. The number of phenolic OH excluding ortho intramolecular Hbond substituents is 4. The molecule has 2 unspecified atom stereocenters. The van der Waals surface area contributed by atoms with Crippen LogP contribution >= 0.6 is 0 Å². The topological polar surface area (TPSA) is 205 Å². The summed E-state index contributed by atoms with van der Waals surface area (Å²) in [6, 6.07) is 25.9. The van der Waals surface area contributed by atoms with Gasteiger partial charge in [-0.2, -0.15) is 0 Å². The van der Waals surface area contributed by atoms with Crippen LogP contribution in [0.2, 0.25) is 0 Å². The highest BCUT2D eigenvalue weighted by molar-refractivity contribution is 5.99. The third-order valence-corrected chi connectivity index (χ3v) is 34.0. The van der Waals surface area contributed by atoms with Crippen LogP contribution in [0.4, 0.5) is 0 Å². The molecular formula is C107H138O14. The minimum absolute atomic E-state index is 0.100. The average molecular weight is 1650 g/mol. The summed E-state index contributed by atoms with van der Waals surface area (Å²) in [5.74, 6) is 0.916. The number of rotatable bonds is 24. The largest absolute Gasteiger partial charge is 0.508 e. The van der Waals surface area contributed by atoms with E-state index in [0.29, 0.717) is 76.2 Å². The van der Waals surface area contributed by atoms with Crippen LogP contribution in [-0.4, -0.2) is 81.9 Å². The summed E-state index contributed by atoms with van der Waals surface area (Å²) in [6.45, 7) is 18.9. The van der Waals surface area contributed by atoms with Crippen molar-refractivity contribution in [3.63, 3.8) is 0 Å². The Morgan fingerprint density at radius 3 is 0.901 bits per heavy atom.